The number of hydrogen-bond acceptors (Lipinski definition) is 4. The second-order valence-corrected chi connectivity index (χ2v) is 9.42. The van der Waals surface area contributed by atoms with Crippen molar-refractivity contribution in [3.63, 3.8) is 0 Å². The van der Waals surface area contributed by atoms with Gasteiger partial charge in [0.25, 0.3) is 0 Å². The topological polar surface area (TPSA) is 55.8 Å². The van der Waals surface area contributed by atoms with Gasteiger partial charge in [-0.3, -0.25) is 4.79 Å². The van der Waals surface area contributed by atoms with Crippen LogP contribution in [0.4, 0.5) is 0 Å². The zero-order valence-corrected chi connectivity index (χ0v) is 19.2. The highest BCUT2D eigenvalue weighted by molar-refractivity contribution is 6.06. The molecular formula is C26H34O4. The molecule has 0 saturated heterocycles. The van der Waals surface area contributed by atoms with Gasteiger partial charge in [0.2, 0.25) is 0 Å². The molecule has 0 atom stereocenters. The van der Waals surface area contributed by atoms with E-state index in [0.29, 0.717) is 5.56 Å². The number of carbonyl (C=O) groups is 1. The largest absolute Gasteiger partial charge is 0.508 e. The molecule has 1 N–H and O–H groups in total. The van der Waals surface area contributed by atoms with Gasteiger partial charge in [0.05, 0.1) is 0 Å². The molecule has 162 valence electrons. The van der Waals surface area contributed by atoms with Gasteiger partial charge in [-0.1, -0.05) is 19.4 Å². The lowest BCUT2D eigenvalue weighted by atomic mass is 10.0. The molecule has 4 nitrogen and oxygen atoms in total. The van der Waals surface area contributed by atoms with Gasteiger partial charge in [0.15, 0.2) is 5.78 Å². The van der Waals surface area contributed by atoms with Gasteiger partial charge in [-0.2, -0.15) is 0 Å². The van der Waals surface area contributed by atoms with Crippen molar-refractivity contribution < 1.29 is 19.4 Å². The van der Waals surface area contributed by atoms with E-state index in [4.69, 9.17) is 9.47 Å². The summed E-state index contributed by atoms with van der Waals surface area (Å²) in [7, 11) is 0. The van der Waals surface area contributed by atoms with Gasteiger partial charge in [-0.15, -0.1) is 0 Å². The fourth-order valence-corrected chi connectivity index (χ4v) is 2.97. The minimum absolute atomic E-state index is 0.134. The van der Waals surface area contributed by atoms with Gasteiger partial charge in [0.1, 0.15) is 28.5 Å². The van der Waals surface area contributed by atoms with Crippen molar-refractivity contribution >= 4 is 11.9 Å². The summed E-state index contributed by atoms with van der Waals surface area (Å²) in [5.74, 6) is 1.56. The Kier molecular flexibility index (Phi) is 7.35. The SMILES string of the molecule is CCCc1c(OC(C)(C)C)cc(C=CC(=O)c2ccc(O)cc2)cc1OC(C)(C)C. The zero-order valence-electron chi connectivity index (χ0n) is 19.2. The van der Waals surface area contributed by atoms with Crippen LogP contribution in [0.1, 0.15) is 76.4 Å². The summed E-state index contributed by atoms with van der Waals surface area (Å²) >= 11 is 0. The molecule has 0 amide bonds. The van der Waals surface area contributed by atoms with Crippen LogP contribution in [0.15, 0.2) is 42.5 Å². The van der Waals surface area contributed by atoms with Crippen LogP contribution in [0, 0.1) is 0 Å². The van der Waals surface area contributed by atoms with E-state index in [0.717, 1.165) is 35.5 Å². The molecule has 0 unspecified atom stereocenters. The molecule has 0 spiro atoms. The predicted molar refractivity (Wildman–Crippen MR) is 123 cm³/mol. The third-order valence-corrected chi connectivity index (χ3v) is 4.10. The molecule has 0 radical (unpaired) electrons. The summed E-state index contributed by atoms with van der Waals surface area (Å²) in [6.07, 6.45) is 5.11. The lowest BCUT2D eigenvalue weighted by Gasteiger charge is -2.28. The normalized spacial score (nSPS) is 12.2. The van der Waals surface area contributed by atoms with Crippen molar-refractivity contribution in [1.29, 1.82) is 0 Å². The minimum Gasteiger partial charge on any atom is -0.508 e. The van der Waals surface area contributed by atoms with Gasteiger partial charge in [-0.25, -0.2) is 0 Å². The monoisotopic (exact) mass is 410 g/mol. The summed E-state index contributed by atoms with van der Waals surface area (Å²) in [5.41, 5.74) is 1.69. The second kappa shape index (κ2) is 9.38. The van der Waals surface area contributed by atoms with Gasteiger partial charge >= 0.3 is 0 Å². The average molecular weight is 411 g/mol. The Bertz CT molecular complexity index is 857. The van der Waals surface area contributed by atoms with Gasteiger partial charge in [-0.05, 0) is 96.0 Å². The van der Waals surface area contributed by atoms with Crippen molar-refractivity contribution in [1.82, 2.24) is 0 Å². The van der Waals surface area contributed by atoms with Crippen molar-refractivity contribution in [2.45, 2.75) is 72.5 Å². The van der Waals surface area contributed by atoms with Crippen LogP contribution >= 0.6 is 0 Å². The Morgan fingerprint density at radius 3 is 1.87 bits per heavy atom. The fourth-order valence-electron chi connectivity index (χ4n) is 2.97. The molecule has 0 aliphatic rings. The third kappa shape index (κ3) is 7.25. The summed E-state index contributed by atoms with van der Waals surface area (Å²) < 4.78 is 12.5. The highest BCUT2D eigenvalue weighted by Gasteiger charge is 2.21. The van der Waals surface area contributed by atoms with Crippen molar-refractivity contribution in [3.05, 3.63) is 59.2 Å². The van der Waals surface area contributed by atoms with Crippen LogP contribution in [0.2, 0.25) is 0 Å². The summed E-state index contributed by atoms with van der Waals surface area (Å²) in [6, 6.07) is 10.2. The Hall–Kier alpha value is -2.75. The number of hydrogen-bond donors (Lipinski definition) is 1. The molecular weight excluding hydrogens is 376 g/mol. The van der Waals surface area contributed by atoms with E-state index in [1.54, 1.807) is 18.2 Å². The van der Waals surface area contributed by atoms with Crippen molar-refractivity contribution in [2.75, 3.05) is 0 Å². The number of phenolic OH excluding ortho intramolecular Hbond substituents is 1. The van der Waals surface area contributed by atoms with Crippen LogP contribution in [-0.2, 0) is 6.42 Å². The lowest BCUT2D eigenvalue weighted by Crippen LogP contribution is -2.26. The second-order valence-electron chi connectivity index (χ2n) is 9.42. The smallest absolute Gasteiger partial charge is 0.185 e. The summed E-state index contributed by atoms with van der Waals surface area (Å²) in [6.45, 7) is 14.2. The molecule has 2 aromatic carbocycles. The number of rotatable bonds is 7. The number of ketones is 1. The van der Waals surface area contributed by atoms with Gasteiger partial charge < -0.3 is 14.6 Å². The highest BCUT2D eigenvalue weighted by atomic mass is 16.5. The highest BCUT2D eigenvalue weighted by Crippen LogP contribution is 2.36. The maximum Gasteiger partial charge on any atom is 0.185 e. The lowest BCUT2D eigenvalue weighted by molar-refractivity contribution is 0.104. The van der Waals surface area contributed by atoms with Crippen LogP contribution < -0.4 is 9.47 Å². The molecule has 0 heterocycles. The number of carbonyl (C=O) groups excluding carboxylic acids is 1. The van der Waals surface area contributed by atoms with E-state index < -0.39 is 0 Å². The first-order valence-electron chi connectivity index (χ1n) is 10.4. The Labute approximate surface area is 180 Å². The molecule has 0 aliphatic heterocycles. The van der Waals surface area contributed by atoms with Crippen LogP contribution in [0.3, 0.4) is 0 Å². The van der Waals surface area contributed by atoms with E-state index in [-0.39, 0.29) is 22.7 Å². The van der Waals surface area contributed by atoms with Crippen LogP contribution in [0.5, 0.6) is 17.2 Å². The maximum absolute atomic E-state index is 12.5. The molecule has 0 saturated carbocycles. The summed E-state index contributed by atoms with van der Waals surface area (Å²) in [5, 5.41) is 9.41. The Balaban J connectivity index is 2.47. The molecule has 0 bridgehead atoms. The first-order chi connectivity index (χ1) is 13.9. The molecule has 4 heteroatoms. The van der Waals surface area contributed by atoms with E-state index in [2.05, 4.69) is 6.92 Å². The van der Waals surface area contributed by atoms with Crippen LogP contribution in [0.25, 0.3) is 6.08 Å². The Morgan fingerprint density at radius 1 is 0.933 bits per heavy atom. The third-order valence-electron chi connectivity index (χ3n) is 4.10. The summed E-state index contributed by atoms with van der Waals surface area (Å²) in [4.78, 5) is 12.5. The van der Waals surface area contributed by atoms with Crippen molar-refractivity contribution in [2.24, 2.45) is 0 Å². The van der Waals surface area contributed by atoms with Gasteiger partial charge in [0, 0.05) is 11.1 Å². The number of allylic oxidation sites excluding steroid dienone is 1. The van der Waals surface area contributed by atoms with E-state index in [1.165, 1.54) is 18.2 Å². The molecule has 0 aromatic heterocycles. The number of benzene rings is 2. The Morgan fingerprint density at radius 2 is 1.43 bits per heavy atom. The molecule has 0 fully saturated rings. The maximum atomic E-state index is 12.5. The van der Waals surface area contributed by atoms with E-state index in [1.807, 2.05) is 53.7 Å². The molecule has 2 rings (SSSR count). The standard InChI is InChI=1S/C26H34O4/c1-8-9-21-23(29-25(2,3)4)16-18(17-24(21)30-26(5,6)7)10-15-22(28)19-11-13-20(27)14-12-19/h10-17,27H,8-9H2,1-7H3. The van der Waals surface area contributed by atoms with Crippen molar-refractivity contribution in [3.8, 4) is 17.2 Å². The fraction of sp³-hybridized carbons (Fsp3) is 0.423. The quantitative estimate of drug-likeness (QED) is 0.413. The average Bonchev–Trinajstić information content (AvgIpc) is 2.60. The minimum atomic E-state index is -0.355. The predicted octanol–water partition coefficient (Wildman–Crippen LogP) is 6.60. The number of aromatic hydroxyl groups is 1. The van der Waals surface area contributed by atoms with Crippen LogP contribution in [-0.4, -0.2) is 22.1 Å². The van der Waals surface area contributed by atoms with E-state index in [9.17, 15) is 9.90 Å². The molecule has 0 aliphatic carbocycles. The first kappa shape index (κ1) is 23.5. The molecule has 30 heavy (non-hydrogen) atoms. The number of ether oxygens (including phenoxy) is 2. The first-order valence-corrected chi connectivity index (χ1v) is 10.4. The zero-order chi connectivity index (χ0) is 22.5. The molecule has 2 aromatic rings. The van der Waals surface area contributed by atoms with E-state index >= 15 is 0 Å². The number of phenols is 1.